The molecule has 0 unspecified atom stereocenters. The zero-order valence-corrected chi connectivity index (χ0v) is 10.5. The SMILES string of the molecule is CCNC(=O)CNC(=O)c1cnc(C)cc1Cl. The summed E-state index contributed by atoms with van der Waals surface area (Å²) in [5, 5.41) is 5.37. The van der Waals surface area contributed by atoms with E-state index in [0.29, 0.717) is 11.6 Å². The van der Waals surface area contributed by atoms with Crippen LogP contribution in [0, 0.1) is 6.92 Å². The lowest BCUT2D eigenvalue weighted by Crippen LogP contribution is -2.36. The maximum atomic E-state index is 11.7. The minimum absolute atomic E-state index is 0.0725. The van der Waals surface area contributed by atoms with Gasteiger partial charge in [0.1, 0.15) is 0 Å². The number of pyridine rings is 1. The summed E-state index contributed by atoms with van der Waals surface area (Å²) < 4.78 is 0. The van der Waals surface area contributed by atoms with Crippen LogP contribution >= 0.6 is 11.6 Å². The minimum atomic E-state index is -0.409. The number of hydrogen-bond acceptors (Lipinski definition) is 3. The van der Waals surface area contributed by atoms with Crippen molar-refractivity contribution in [1.82, 2.24) is 15.6 Å². The molecule has 2 amide bonds. The number of carbonyl (C=O) groups excluding carboxylic acids is 2. The van der Waals surface area contributed by atoms with Crippen molar-refractivity contribution in [1.29, 1.82) is 0 Å². The van der Waals surface area contributed by atoms with Gasteiger partial charge in [0.25, 0.3) is 5.91 Å². The highest BCUT2D eigenvalue weighted by molar-refractivity contribution is 6.33. The number of likely N-dealkylation sites (N-methyl/N-ethyl adjacent to an activating group) is 1. The Bertz CT molecular complexity index is 435. The summed E-state index contributed by atoms with van der Waals surface area (Å²) in [6.07, 6.45) is 1.39. The zero-order chi connectivity index (χ0) is 12.8. The summed E-state index contributed by atoms with van der Waals surface area (Å²) in [6.45, 7) is 4.04. The van der Waals surface area contributed by atoms with Gasteiger partial charge in [-0.15, -0.1) is 0 Å². The van der Waals surface area contributed by atoms with Crippen LogP contribution in [0.15, 0.2) is 12.3 Å². The fraction of sp³-hybridized carbons (Fsp3) is 0.364. The van der Waals surface area contributed by atoms with Crippen LogP contribution in [0.2, 0.25) is 5.02 Å². The predicted molar refractivity (Wildman–Crippen MR) is 65.0 cm³/mol. The van der Waals surface area contributed by atoms with Crippen molar-refractivity contribution in [2.75, 3.05) is 13.1 Å². The van der Waals surface area contributed by atoms with Crippen molar-refractivity contribution >= 4 is 23.4 Å². The summed E-state index contributed by atoms with van der Waals surface area (Å²) in [7, 11) is 0. The summed E-state index contributed by atoms with van der Waals surface area (Å²) >= 11 is 5.90. The number of nitrogens with one attached hydrogen (secondary N) is 2. The van der Waals surface area contributed by atoms with E-state index in [-0.39, 0.29) is 18.0 Å². The van der Waals surface area contributed by atoms with Gasteiger partial charge in [0, 0.05) is 18.4 Å². The molecule has 0 saturated heterocycles. The first-order valence-electron chi connectivity index (χ1n) is 5.21. The molecule has 1 aromatic rings. The van der Waals surface area contributed by atoms with Gasteiger partial charge in [-0.25, -0.2) is 0 Å². The molecule has 0 atom stereocenters. The summed E-state index contributed by atoms with van der Waals surface area (Å²) in [6, 6.07) is 1.60. The molecule has 1 rings (SSSR count). The largest absolute Gasteiger partial charge is 0.355 e. The highest BCUT2D eigenvalue weighted by Crippen LogP contribution is 2.15. The van der Waals surface area contributed by atoms with E-state index in [1.165, 1.54) is 6.20 Å². The van der Waals surface area contributed by atoms with Crippen molar-refractivity contribution in [3.63, 3.8) is 0 Å². The second-order valence-corrected chi connectivity index (χ2v) is 3.85. The fourth-order valence-corrected chi connectivity index (χ4v) is 1.50. The summed E-state index contributed by atoms with van der Waals surface area (Å²) in [5.74, 6) is -0.647. The Kier molecular flexibility index (Phi) is 4.90. The standard InChI is InChI=1S/C11H14ClN3O2/c1-3-13-10(16)6-15-11(17)8-5-14-7(2)4-9(8)12/h4-5H,3,6H2,1-2H3,(H,13,16)(H,15,17). The van der Waals surface area contributed by atoms with Crippen LogP contribution < -0.4 is 10.6 Å². The number of amides is 2. The molecule has 0 aliphatic heterocycles. The van der Waals surface area contributed by atoms with Crippen molar-refractivity contribution in [3.8, 4) is 0 Å². The van der Waals surface area contributed by atoms with E-state index < -0.39 is 5.91 Å². The smallest absolute Gasteiger partial charge is 0.254 e. The predicted octanol–water partition coefficient (Wildman–Crippen LogP) is 0.909. The molecule has 1 aromatic heterocycles. The lowest BCUT2D eigenvalue weighted by Gasteiger charge is -2.06. The Labute approximate surface area is 105 Å². The molecular weight excluding hydrogens is 242 g/mol. The molecular formula is C11H14ClN3O2. The molecule has 6 heteroatoms. The van der Waals surface area contributed by atoms with E-state index in [1.54, 1.807) is 19.9 Å². The number of nitrogens with zero attached hydrogens (tertiary/aromatic N) is 1. The molecule has 0 aromatic carbocycles. The molecule has 92 valence electrons. The normalized spacial score (nSPS) is 9.82. The Morgan fingerprint density at radius 2 is 2.12 bits per heavy atom. The molecule has 0 fully saturated rings. The van der Waals surface area contributed by atoms with Gasteiger partial charge in [0.15, 0.2) is 0 Å². The molecule has 0 bridgehead atoms. The first kappa shape index (κ1) is 13.4. The Morgan fingerprint density at radius 1 is 1.41 bits per heavy atom. The third-order valence-corrected chi connectivity index (χ3v) is 2.33. The van der Waals surface area contributed by atoms with Gasteiger partial charge < -0.3 is 10.6 Å². The number of carbonyl (C=O) groups is 2. The third-order valence-electron chi connectivity index (χ3n) is 2.02. The number of halogens is 1. The van der Waals surface area contributed by atoms with Crippen LogP contribution in [0.25, 0.3) is 0 Å². The molecule has 0 spiro atoms. The topological polar surface area (TPSA) is 71.1 Å². The van der Waals surface area contributed by atoms with Gasteiger partial charge in [0.2, 0.25) is 5.91 Å². The molecule has 0 aliphatic rings. The monoisotopic (exact) mass is 255 g/mol. The molecule has 1 heterocycles. The van der Waals surface area contributed by atoms with Crippen LogP contribution in [-0.4, -0.2) is 29.9 Å². The second kappa shape index (κ2) is 6.20. The van der Waals surface area contributed by atoms with E-state index in [0.717, 1.165) is 5.69 Å². The lowest BCUT2D eigenvalue weighted by atomic mass is 10.2. The van der Waals surface area contributed by atoms with Crippen LogP contribution in [0.3, 0.4) is 0 Å². The van der Waals surface area contributed by atoms with Crippen LogP contribution in [-0.2, 0) is 4.79 Å². The second-order valence-electron chi connectivity index (χ2n) is 3.44. The first-order chi connectivity index (χ1) is 8.04. The van der Waals surface area contributed by atoms with Crippen molar-refractivity contribution in [3.05, 3.63) is 28.5 Å². The molecule has 5 nitrogen and oxygen atoms in total. The number of rotatable bonds is 4. The minimum Gasteiger partial charge on any atom is -0.355 e. The highest BCUT2D eigenvalue weighted by Gasteiger charge is 2.11. The van der Waals surface area contributed by atoms with Gasteiger partial charge in [-0.3, -0.25) is 14.6 Å². The first-order valence-corrected chi connectivity index (χ1v) is 5.59. The van der Waals surface area contributed by atoms with E-state index >= 15 is 0 Å². The highest BCUT2D eigenvalue weighted by atomic mass is 35.5. The Balaban J connectivity index is 2.61. The third kappa shape index (κ3) is 4.03. The number of hydrogen-bond donors (Lipinski definition) is 2. The van der Waals surface area contributed by atoms with Crippen LogP contribution in [0.1, 0.15) is 23.0 Å². The zero-order valence-electron chi connectivity index (χ0n) is 9.71. The lowest BCUT2D eigenvalue weighted by molar-refractivity contribution is -0.120. The van der Waals surface area contributed by atoms with Gasteiger partial charge >= 0.3 is 0 Å². The molecule has 0 saturated carbocycles. The van der Waals surface area contributed by atoms with E-state index in [4.69, 9.17) is 11.6 Å². The van der Waals surface area contributed by atoms with E-state index in [1.807, 2.05) is 0 Å². The Hall–Kier alpha value is -1.62. The Morgan fingerprint density at radius 3 is 2.71 bits per heavy atom. The maximum absolute atomic E-state index is 11.7. The average molecular weight is 256 g/mol. The van der Waals surface area contributed by atoms with Crippen LogP contribution in [0.4, 0.5) is 0 Å². The van der Waals surface area contributed by atoms with Crippen LogP contribution in [0.5, 0.6) is 0 Å². The molecule has 0 aliphatic carbocycles. The van der Waals surface area contributed by atoms with Crippen molar-refractivity contribution in [2.45, 2.75) is 13.8 Å². The summed E-state index contributed by atoms with van der Waals surface area (Å²) in [4.78, 5) is 26.8. The van der Waals surface area contributed by atoms with Gasteiger partial charge in [-0.05, 0) is 19.9 Å². The van der Waals surface area contributed by atoms with E-state index in [9.17, 15) is 9.59 Å². The number of aromatic nitrogens is 1. The quantitative estimate of drug-likeness (QED) is 0.840. The fourth-order valence-electron chi connectivity index (χ4n) is 1.21. The maximum Gasteiger partial charge on any atom is 0.254 e. The van der Waals surface area contributed by atoms with Crippen molar-refractivity contribution < 1.29 is 9.59 Å². The molecule has 2 N–H and O–H groups in total. The summed E-state index contributed by atoms with van der Waals surface area (Å²) in [5.41, 5.74) is 0.997. The number of aryl methyl sites for hydroxylation is 1. The van der Waals surface area contributed by atoms with Gasteiger partial charge in [0.05, 0.1) is 17.1 Å². The van der Waals surface area contributed by atoms with E-state index in [2.05, 4.69) is 15.6 Å². The van der Waals surface area contributed by atoms with Gasteiger partial charge in [-0.1, -0.05) is 11.6 Å². The molecule has 0 radical (unpaired) electrons. The average Bonchev–Trinajstić information content (AvgIpc) is 2.26. The van der Waals surface area contributed by atoms with Gasteiger partial charge in [-0.2, -0.15) is 0 Å². The van der Waals surface area contributed by atoms with Crippen molar-refractivity contribution in [2.24, 2.45) is 0 Å². The molecule has 17 heavy (non-hydrogen) atoms.